The van der Waals surface area contributed by atoms with E-state index in [1.54, 1.807) is 0 Å². The van der Waals surface area contributed by atoms with Crippen LogP contribution in [0.25, 0.3) is 0 Å². The predicted molar refractivity (Wildman–Crippen MR) is 97.6 cm³/mol. The maximum Gasteiger partial charge on any atom is 0.133 e. The first-order chi connectivity index (χ1) is 10.4. The van der Waals surface area contributed by atoms with Gasteiger partial charge in [-0.2, -0.15) is 5.26 Å². The summed E-state index contributed by atoms with van der Waals surface area (Å²) in [7, 11) is 0. The first-order valence-corrected chi connectivity index (χ1v) is 10.4. The van der Waals surface area contributed by atoms with Gasteiger partial charge in [0.25, 0.3) is 0 Å². The fraction of sp³-hybridized carbons (Fsp3) is 0.947. The third-order valence-electron chi connectivity index (χ3n) is 4.16. The summed E-state index contributed by atoms with van der Waals surface area (Å²) < 4.78 is 0. The summed E-state index contributed by atoms with van der Waals surface area (Å²) >= 11 is 1.40. The zero-order valence-electron chi connectivity index (χ0n) is 14.4. The number of hydrogen-bond donors (Lipinski definition) is 0. The molecule has 0 N–H and O–H groups in total. The highest BCUT2D eigenvalue weighted by atomic mass is 32.2. The molecule has 0 fully saturated rings. The van der Waals surface area contributed by atoms with E-state index in [-0.39, 0.29) is 0 Å². The van der Waals surface area contributed by atoms with E-state index in [2.05, 4.69) is 12.3 Å². The number of nitrogens with zero attached hydrogens (tertiary/aromatic N) is 1. The van der Waals surface area contributed by atoms with Gasteiger partial charge in [0.2, 0.25) is 0 Å². The van der Waals surface area contributed by atoms with Crippen molar-refractivity contribution in [3.05, 3.63) is 0 Å². The van der Waals surface area contributed by atoms with E-state index in [0.29, 0.717) is 0 Å². The highest BCUT2D eigenvalue weighted by Gasteiger charge is 1.94. The first kappa shape index (κ1) is 20.8. The molecule has 0 rings (SSSR count). The summed E-state index contributed by atoms with van der Waals surface area (Å²) in [4.78, 5) is 0. The van der Waals surface area contributed by atoms with Crippen molar-refractivity contribution in [3.8, 4) is 5.40 Å². The van der Waals surface area contributed by atoms with E-state index in [0.717, 1.165) is 5.75 Å². The van der Waals surface area contributed by atoms with Crippen LogP contribution in [-0.4, -0.2) is 5.75 Å². The molecule has 0 radical (unpaired) electrons. The van der Waals surface area contributed by atoms with Crippen molar-refractivity contribution in [1.82, 2.24) is 0 Å². The standard InChI is InChI=1S/C19H37NS/c1-2-3-4-5-6-7-8-9-10-11-12-13-14-15-16-17-18-21-19-20/h2-18H2,1H3. The lowest BCUT2D eigenvalue weighted by Crippen LogP contribution is -1.84. The summed E-state index contributed by atoms with van der Waals surface area (Å²) in [5.41, 5.74) is 0. The number of hydrogen-bond acceptors (Lipinski definition) is 2. The van der Waals surface area contributed by atoms with E-state index >= 15 is 0 Å². The van der Waals surface area contributed by atoms with Crippen LogP contribution in [0.1, 0.15) is 110 Å². The Hall–Kier alpha value is -0.160. The summed E-state index contributed by atoms with van der Waals surface area (Å²) in [5.74, 6) is 1.02. The van der Waals surface area contributed by atoms with Crippen molar-refractivity contribution < 1.29 is 0 Å². The quantitative estimate of drug-likeness (QED) is 0.205. The van der Waals surface area contributed by atoms with E-state index in [1.807, 2.05) is 0 Å². The van der Waals surface area contributed by atoms with Gasteiger partial charge in [0.05, 0.1) is 0 Å². The van der Waals surface area contributed by atoms with Crippen molar-refractivity contribution in [2.75, 3.05) is 5.75 Å². The second-order valence-corrected chi connectivity index (χ2v) is 7.12. The maximum absolute atomic E-state index is 8.40. The van der Waals surface area contributed by atoms with E-state index in [1.165, 1.54) is 114 Å². The fourth-order valence-corrected chi connectivity index (χ4v) is 3.21. The van der Waals surface area contributed by atoms with Gasteiger partial charge in [-0.1, -0.05) is 103 Å². The van der Waals surface area contributed by atoms with Crippen molar-refractivity contribution in [2.24, 2.45) is 0 Å². The largest absolute Gasteiger partial charge is 0.185 e. The normalized spacial score (nSPS) is 10.7. The average molecular weight is 312 g/mol. The highest BCUT2D eigenvalue weighted by molar-refractivity contribution is 8.03. The molecule has 0 aromatic carbocycles. The van der Waals surface area contributed by atoms with Gasteiger partial charge in [-0.25, -0.2) is 0 Å². The van der Waals surface area contributed by atoms with Crippen LogP contribution in [0.2, 0.25) is 0 Å². The third kappa shape index (κ3) is 19.8. The highest BCUT2D eigenvalue weighted by Crippen LogP contribution is 2.14. The van der Waals surface area contributed by atoms with Gasteiger partial charge in [-0.05, 0) is 18.2 Å². The summed E-state index contributed by atoms with van der Waals surface area (Å²) in [6, 6.07) is 0. The van der Waals surface area contributed by atoms with Gasteiger partial charge in [0, 0.05) is 5.75 Å². The Morgan fingerprint density at radius 2 is 0.905 bits per heavy atom. The first-order valence-electron chi connectivity index (χ1n) is 9.42. The van der Waals surface area contributed by atoms with Crippen molar-refractivity contribution in [1.29, 1.82) is 5.26 Å². The van der Waals surface area contributed by atoms with Crippen LogP contribution < -0.4 is 0 Å². The lowest BCUT2D eigenvalue weighted by atomic mass is 10.0. The number of nitriles is 1. The van der Waals surface area contributed by atoms with E-state index in [4.69, 9.17) is 5.26 Å². The van der Waals surface area contributed by atoms with Gasteiger partial charge in [-0.15, -0.1) is 0 Å². The molecule has 0 heterocycles. The monoisotopic (exact) mass is 311 g/mol. The molecule has 124 valence electrons. The lowest BCUT2D eigenvalue weighted by molar-refractivity contribution is 0.532. The Morgan fingerprint density at radius 3 is 1.24 bits per heavy atom. The van der Waals surface area contributed by atoms with E-state index in [9.17, 15) is 0 Å². The molecule has 1 nitrogen and oxygen atoms in total. The topological polar surface area (TPSA) is 23.8 Å². The zero-order chi connectivity index (χ0) is 15.4. The van der Waals surface area contributed by atoms with Crippen LogP contribution in [0.5, 0.6) is 0 Å². The average Bonchev–Trinajstić information content (AvgIpc) is 2.50. The molecule has 0 saturated carbocycles. The second-order valence-electron chi connectivity index (χ2n) is 6.24. The Bertz CT molecular complexity index is 222. The summed E-state index contributed by atoms with van der Waals surface area (Å²) in [6.45, 7) is 2.29. The molecule has 0 aromatic rings. The molecule has 0 aliphatic rings. The minimum Gasteiger partial charge on any atom is -0.185 e. The third-order valence-corrected chi connectivity index (χ3v) is 4.79. The van der Waals surface area contributed by atoms with E-state index < -0.39 is 0 Å². The van der Waals surface area contributed by atoms with Crippen LogP contribution >= 0.6 is 11.8 Å². The minimum absolute atomic E-state index is 1.02. The number of thioether (sulfide) groups is 1. The van der Waals surface area contributed by atoms with Crippen LogP contribution in [0.4, 0.5) is 0 Å². The molecular formula is C19H37NS. The molecule has 21 heavy (non-hydrogen) atoms. The molecular weight excluding hydrogens is 274 g/mol. The zero-order valence-corrected chi connectivity index (χ0v) is 15.2. The molecule has 2 heteroatoms. The van der Waals surface area contributed by atoms with Crippen LogP contribution in [0.3, 0.4) is 0 Å². The summed E-state index contributed by atoms with van der Waals surface area (Å²) in [6.07, 6.45) is 22.6. The predicted octanol–water partition coefficient (Wildman–Crippen LogP) is 7.46. The Labute approximate surface area is 138 Å². The Balaban J connectivity index is 2.92. The summed E-state index contributed by atoms with van der Waals surface area (Å²) in [5, 5.41) is 10.5. The maximum atomic E-state index is 8.40. The Kier molecular flexibility index (Phi) is 19.7. The van der Waals surface area contributed by atoms with Gasteiger partial charge in [0.1, 0.15) is 5.40 Å². The fourth-order valence-electron chi connectivity index (χ4n) is 2.77. The molecule has 0 spiro atoms. The number of unbranched alkanes of at least 4 members (excludes halogenated alkanes) is 15. The molecule has 0 saturated heterocycles. The second kappa shape index (κ2) is 19.8. The van der Waals surface area contributed by atoms with Crippen LogP contribution in [0.15, 0.2) is 0 Å². The van der Waals surface area contributed by atoms with Gasteiger partial charge >= 0.3 is 0 Å². The minimum atomic E-state index is 1.02. The number of rotatable bonds is 17. The van der Waals surface area contributed by atoms with Crippen LogP contribution in [-0.2, 0) is 0 Å². The van der Waals surface area contributed by atoms with Crippen LogP contribution in [0, 0.1) is 10.7 Å². The molecule has 0 aromatic heterocycles. The van der Waals surface area contributed by atoms with Gasteiger partial charge < -0.3 is 0 Å². The van der Waals surface area contributed by atoms with Crippen molar-refractivity contribution in [3.63, 3.8) is 0 Å². The lowest BCUT2D eigenvalue weighted by Gasteiger charge is -2.03. The SMILES string of the molecule is CCCCCCCCCCCCCCCCCCSC#N. The molecule has 0 aliphatic carbocycles. The molecule has 0 atom stereocenters. The smallest absolute Gasteiger partial charge is 0.133 e. The molecule has 0 bridgehead atoms. The Morgan fingerprint density at radius 1 is 0.571 bits per heavy atom. The number of thiocyanates is 1. The van der Waals surface area contributed by atoms with Crippen molar-refractivity contribution >= 4 is 11.8 Å². The van der Waals surface area contributed by atoms with Gasteiger partial charge in [0.15, 0.2) is 0 Å². The van der Waals surface area contributed by atoms with Crippen molar-refractivity contribution in [2.45, 2.75) is 110 Å². The molecule has 0 unspecified atom stereocenters. The molecule has 0 amide bonds. The van der Waals surface area contributed by atoms with Gasteiger partial charge in [-0.3, -0.25) is 0 Å². The molecule has 0 aliphatic heterocycles.